The number of furan rings is 1. The van der Waals surface area contributed by atoms with E-state index in [1.165, 1.54) is 32.1 Å². The molecule has 0 aromatic carbocycles. The second kappa shape index (κ2) is 9.08. The van der Waals surface area contributed by atoms with Gasteiger partial charge < -0.3 is 15.1 Å². The standard InChI is InChI=1S/C18H31N3O2/c1-14(18(22)20-12-15-8-5-4-6-9-15)19-13-16(21(2)3)17-10-7-11-23-17/h7,10-11,14-16,19H,4-6,8-9,12-13H2,1-3H3,(H,20,22)/t14-,16+/m1/s1. The number of amides is 1. The predicted octanol–water partition coefficient (Wildman–Crippen LogP) is 2.56. The van der Waals surface area contributed by atoms with Gasteiger partial charge >= 0.3 is 0 Å². The van der Waals surface area contributed by atoms with Gasteiger partial charge in [0.05, 0.1) is 18.3 Å². The zero-order chi connectivity index (χ0) is 16.7. The molecule has 1 amide bonds. The van der Waals surface area contributed by atoms with Gasteiger partial charge in [-0.2, -0.15) is 0 Å². The van der Waals surface area contributed by atoms with Crippen molar-refractivity contribution in [2.45, 2.75) is 51.1 Å². The van der Waals surface area contributed by atoms with E-state index in [1.807, 2.05) is 33.2 Å². The summed E-state index contributed by atoms with van der Waals surface area (Å²) in [5.74, 6) is 1.67. The van der Waals surface area contributed by atoms with E-state index in [-0.39, 0.29) is 18.0 Å². The molecule has 1 fully saturated rings. The molecule has 23 heavy (non-hydrogen) atoms. The summed E-state index contributed by atoms with van der Waals surface area (Å²) in [6, 6.07) is 3.79. The SMILES string of the molecule is C[C@@H](NC[C@@H](c1ccco1)N(C)C)C(=O)NCC1CCCCC1. The number of nitrogens with zero attached hydrogens (tertiary/aromatic N) is 1. The van der Waals surface area contributed by atoms with Gasteiger partial charge in [-0.05, 0) is 51.9 Å². The minimum absolute atomic E-state index is 0.0903. The molecule has 130 valence electrons. The zero-order valence-electron chi connectivity index (χ0n) is 14.7. The summed E-state index contributed by atoms with van der Waals surface area (Å²) in [7, 11) is 4.03. The van der Waals surface area contributed by atoms with Crippen molar-refractivity contribution in [2.75, 3.05) is 27.2 Å². The van der Waals surface area contributed by atoms with Crippen molar-refractivity contribution >= 4 is 5.91 Å². The van der Waals surface area contributed by atoms with Gasteiger partial charge in [0.25, 0.3) is 0 Å². The van der Waals surface area contributed by atoms with E-state index in [1.54, 1.807) is 6.26 Å². The maximum Gasteiger partial charge on any atom is 0.236 e. The van der Waals surface area contributed by atoms with E-state index in [4.69, 9.17) is 4.42 Å². The lowest BCUT2D eigenvalue weighted by molar-refractivity contribution is -0.123. The molecule has 5 nitrogen and oxygen atoms in total. The largest absolute Gasteiger partial charge is 0.468 e. The Morgan fingerprint density at radius 2 is 2.09 bits per heavy atom. The summed E-state index contributed by atoms with van der Waals surface area (Å²) in [6.45, 7) is 3.42. The number of nitrogens with one attached hydrogen (secondary N) is 2. The summed E-state index contributed by atoms with van der Waals surface area (Å²) in [5, 5.41) is 6.43. The summed E-state index contributed by atoms with van der Waals surface area (Å²) in [4.78, 5) is 14.3. The summed E-state index contributed by atoms with van der Waals surface area (Å²) in [6.07, 6.45) is 8.16. The number of carbonyl (C=O) groups is 1. The minimum atomic E-state index is -0.198. The van der Waals surface area contributed by atoms with Gasteiger partial charge in [-0.25, -0.2) is 0 Å². The van der Waals surface area contributed by atoms with Crippen LogP contribution >= 0.6 is 0 Å². The van der Waals surface area contributed by atoms with E-state index in [0.717, 1.165) is 12.3 Å². The Balaban J connectivity index is 1.74. The minimum Gasteiger partial charge on any atom is -0.468 e. The molecular formula is C18H31N3O2. The number of hydrogen-bond acceptors (Lipinski definition) is 4. The van der Waals surface area contributed by atoms with Crippen molar-refractivity contribution in [2.24, 2.45) is 5.92 Å². The van der Waals surface area contributed by atoms with Crippen LogP contribution in [0.4, 0.5) is 0 Å². The number of likely N-dealkylation sites (N-methyl/N-ethyl adjacent to an activating group) is 1. The van der Waals surface area contributed by atoms with Crippen molar-refractivity contribution in [1.29, 1.82) is 0 Å². The summed E-state index contributed by atoms with van der Waals surface area (Å²) < 4.78 is 5.49. The number of carbonyl (C=O) groups excluding carboxylic acids is 1. The van der Waals surface area contributed by atoms with Gasteiger partial charge in [-0.15, -0.1) is 0 Å². The molecule has 1 saturated carbocycles. The molecule has 1 aromatic rings. The van der Waals surface area contributed by atoms with Gasteiger partial charge in [-0.1, -0.05) is 19.3 Å². The average Bonchev–Trinajstić information content (AvgIpc) is 3.07. The topological polar surface area (TPSA) is 57.5 Å². The lowest BCUT2D eigenvalue weighted by Crippen LogP contribution is -2.46. The van der Waals surface area contributed by atoms with Crippen LogP contribution in [0.3, 0.4) is 0 Å². The fourth-order valence-electron chi connectivity index (χ4n) is 3.19. The highest BCUT2D eigenvalue weighted by atomic mass is 16.3. The molecule has 1 aliphatic carbocycles. The van der Waals surface area contributed by atoms with E-state index < -0.39 is 0 Å². The van der Waals surface area contributed by atoms with Crippen molar-refractivity contribution < 1.29 is 9.21 Å². The summed E-state index contributed by atoms with van der Waals surface area (Å²) in [5.41, 5.74) is 0. The monoisotopic (exact) mass is 321 g/mol. The molecule has 2 rings (SSSR count). The molecule has 0 unspecified atom stereocenters. The van der Waals surface area contributed by atoms with E-state index in [0.29, 0.717) is 12.5 Å². The maximum atomic E-state index is 12.2. The Morgan fingerprint density at radius 3 is 2.70 bits per heavy atom. The first-order chi connectivity index (χ1) is 11.1. The summed E-state index contributed by atoms with van der Waals surface area (Å²) >= 11 is 0. The molecular weight excluding hydrogens is 290 g/mol. The van der Waals surface area contributed by atoms with Gasteiger partial charge in [0.2, 0.25) is 5.91 Å². The lowest BCUT2D eigenvalue weighted by atomic mass is 9.89. The molecule has 0 bridgehead atoms. The Labute approximate surface area is 139 Å². The molecule has 1 heterocycles. The van der Waals surface area contributed by atoms with Crippen LogP contribution in [0, 0.1) is 5.92 Å². The van der Waals surface area contributed by atoms with Gasteiger partial charge in [-0.3, -0.25) is 9.69 Å². The van der Waals surface area contributed by atoms with E-state index in [2.05, 4.69) is 15.5 Å². The van der Waals surface area contributed by atoms with Crippen LogP contribution in [0.1, 0.15) is 50.8 Å². The van der Waals surface area contributed by atoms with E-state index >= 15 is 0 Å². The smallest absolute Gasteiger partial charge is 0.236 e. The second-order valence-corrected chi connectivity index (χ2v) is 6.87. The first kappa shape index (κ1) is 18.0. The Hall–Kier alpha value is -1.33. The average molecular weight is 321 g/mol. The quantitative estimate of drug-likeness (QED) is 0.772. The Bertz CT molecular complexity index is 453. The van der Waals surface area contributed by atoms with Crippen molar-refractivity contribution in [3.05, 3.63) is 24.2 Å². The molecule has 2 N–H and O–H groups in total. The van der Waals surface area contributed by atoms with Gasteiger partial charge in [0.1, 0.15) is 5.76 Å². The van der Waals surface area contributed by atoms with Crippen LogP contribution in [0.15, 0.2) is 22.8 Å². The number of rotatable bonds is 8. The third kappa shape index (κ3) is 5.66. The molecule has 0 spiro atoms. The van der Waals surface area contributed by atoms with Crippen LogP contribution in [-0.4, -0.2) is 44.0 Å². The molecule has 0 aliphatic heterocycles. The normalized spacial score (nSPS) is 18.8. The second-order valence-electron chi connectivity index (χ2n) is 6.87. The molecule has 5 heteroatoms. The van der Waals surface area contributed by atoms with Crippen LogP contribution in [-0.2, 0) is 4.79 Å². The predicted molar refractivity (Wildman–Crippen MR) is 92.2 cm³/mol. The van der Waals surface area contributed by atoms with Crippen LogP contribution in [0.25, 0.3) is 0 Å². The molecule has 1 aromatic heterocycles. The maximum absolute atomic E-state index is 12.2. The molecule has 0 radical (unpaired) electrons. The van der Waals surface area contributed by atoms with Crippen molar-refractivity contribution in [3.63, 3.8) is 0 Å². The molecule has 1 aliphatic rings. The molecule has 0 saturated heterocycles. The highest BCUT2D eigenvalue weighted by Crippen LogP contribution is 2.22. The van der Waals surface area contributed by atoms with Crippen molar-refractivity contribution in [3.8, 4) is 0 Å². The third-order valence-corrected chi connectivity index (χ3v) is 4.80. The Kier molecular flexibility index (Phi) is 7.12. The van der Waals surface area contributed by atoms with E-state index in [9.17, 15) is 4.79 Å². The highest BCUT2D eigenvalue weighted by molar-refractivity contribution is 5.81. The van der Waals surface area contributed by atoms with Crippen LogP contribution < -0.4 is 10.6 Å². The Morgan fingerprint density at radius 1 is 1.35 bits per heavy atom. The zero-order valence-corrected chi connectivity index (χ0v) is 14.7. The molecule has 2 atom stereocenters. The lowest BCUT2D eigenvalue weighted by Gasteiger charge is -2.25. The first-order valence-corrected chi connectivity index (χ1v) is 8.79. The fourth-order valence-corrected chi connectivity index (χ4v) is 3.19. The van der Waals surface area contributed by atoms with Gasteiger partial charge in [0, 0.05) is 13.1 Å². The van der Waals surface area contributed by atoms with Crippen molar-refractivity contribution in [1.82, 2.24) is 15.5 Å². The highest BCUT2D eigenvalue weighted by Gasteiger charge is 2.21. The fraction of sp³-hybridized carbons (Fsp3) is 0.722. The van der Waals surface area contributed by atoms with Crippen LogP contribution in [0.5, 0.6) is 0 Å². The third-order valence-electron chi connectivity index (χ3n) is 4.80. The van der Waals surface area contributed by atoms with Crippen LogP contribution in [0.2, 0.25) is 0 Å². The van der Waals surface area contributed by atoms with Gasteiger partial charge in [0.15, 0.2) is 0 Å². The first-order valence-electron chi connectivity index (χ1n) is 8.79. The number of hydrogen-bond donors (Lipinski definition) is 2.